The summed E-state index contributed by atoms with van der Waals surface area (Å²) in [5.41, 5.74) is 9.31. The van der Waals surface area contributed by atoms with Crippen LogP contribution < -0.4 is 4.90 Å². The molecule has 230 valence electrons. The number of nitrogens with zero attached hydrogens (tertiary/aromatic N) is 3. The maximum Gasteiger partial charge on any atom is 0.229 e. The van der Waals surface area contributed by atoms with E-state index in [0.29, 0.717) is 5.71 Å². The Balaban J connectivity index is 1.19. The van der Waals surface area contributed by atoms with E-state index in [2.05, 4.69) is 179 Å². The number of aromatic nitrogens is 2. The van der Waals surface area contributed by atoms with Crippen LogP contribution in [0.1, 0.15) is 0 Å². The third-order valence-electron chi connectivity index (χ3n) is 9.60. The summed E-state index contributed by atoms with van der Waals surface area (Å²) in [4.78, 5) is 7.43. The average Bonchev–Trinajstić information content (AvgIpc) is 3.71. The van der Waals surface area contributed by atoms with E-state index in [9.17, 15) is 0 Å². The molecule has 3 heterocycles. The van der Waals surface area contributed by atoms with Crippen molar-refractivity contribution in [2.24, 2.45) is 0 Å². The monoisotopic (exact) mass is 627 g/mol. The highest BCUT2D eigenvalue weighted by Gasteiger charge is 2.20. The Kier molecular flexibility index (Phi) is 6.15. The molecule has 0 bridgehead atoms. The van der Waals surface area contributed by atoms with Crippen LogP contribution in [0.5, 0.6) is 0 Å². The highest BCUT2D eigenvalue weighted by atomic mass is 16.3. The van der Waals surface area contributed by atoms with Gasteiger partial charge in [0.25, 0.3) is 0 Å². The second-order valence-electron chi connectivity index (χ2n) is 12.4. The number of hydrogen-bond donors (Lipinski definition) is 0. The van der Waals surface area contributed by atoms with Crippen molar-refractivity contribution in [3.63, 3.8) is 0 Å². The number of para-hydroxylation sites is 2. The van der Waals surface area contributed by atoms with Crippen molar-refractivity contribution < 1.29 is 4.42 Å². The van der Waals surface area contributed by atoms with Gasteiger partial charge in [-0.25, -0.2) is 0 Å². The minimum atomic E-state index is 0.622. The van der Waals surface area contributed by atoms with Crippen molar-refractivity contribution in [1.29, 1.82) is 0 Å². The Morgan fingerprint density at radius 2 is 1.14 bits per heavy atom. The molecule has 0 N–H and O–H groups in total. The normalized spacial score (nSPS) is 11.7. The average molecular weight is 628 g/mol. The molecular formula is C45H29N3O. The van der Waals surface area contributed by atoms with E-state index in [0.717, 1.165) is 44.8 Å². The lowest BCUT2D eigenvalue weighted by Gasteiger charge is -2.24. The van der Waals surface area contributed by atoms with Crippen LogP contribution in [0.2, 0.25) is 0 Å². The highest BCUT2D eigenvalue weighted by Crippen LogP contribution is 2.41. The van der Waals surface area contributed by atoms with Gasteiger partial charge in [0.2, 0.25) is 5.71 Å². The molecular weight excluding hydrogens is 599 g/mol. The highest BCUT2D eigenvalue weighted by molar-refractivity contribution is 6.18. The Labute approximate surface area is 282 Å². The molecule has 0 aliphatic rings. The molecule has 0 aliphatic carbocycles. The summed E-state index contributed by atoms with van der Waals surface area (Å²) in [5, 5.41) is 6.85. The summed E-state index contributed by atoms with van der Waals surface area (Å²) < 4.78 is 8.78. The van der Waals surface area contributed by atoms with Crippen molar-refractivity contribution in [2.75, 3.05) is 4.90 Å². The van der Waals surface area contributed by atoms with Crippen LogP contribution in [0.4, 0.5) is 17.2 Å². The molecule has 0 fully saturated rings. The van der Waals surface area contributed by atoms with Gasteiger partial charge in [-0.15, -0.1) is 0 Å². The summed E-state index contributed by atoms with van der Waals surface area (Å²) in [7, 11) is 0. The van der Waals surface area contributed by atoms with Crippen LogP contribution in [-0.4, -0.2) is 9.55 Å². The molecule has 10 rings (SSSR count). The summed E-state index contributed by atoms with van der Waals surface area (Å²) >= 11 is 0. The molecule has 0 atom stereocenters. The van der Waals surface area contributed by atoms with Crippen LogP contribution in [-0.2, 0) is 0 Å². The van der Waals surface area contributed by atoms with Gasteiger partial charge in [0, 0.05) is 38.6 Å². The van der Waals surface area contributed by atoms with E-state index >= 15 is 0 Å². The third-order valence-corrected chi connectivity index (χ3v) is 9.60. The van der Waals surface area contributed by atoms with E-state index in [1.807, 2.05) is 6.07 Å². The Bertz CT molecular complexity index is 2820. The van der Waals surface area contributed by atoms with Crippen LogP contribution in [0.15, 0.2) is 180 Å². The van der Waals surface area contributed by atoms with Crippen LogP contribution >= 0.6 is 0 Å². The zero-order chi connectivity index (χ0) is 32.3. The number of pyridine rings is 1. The van der Waals surface area contributed by atoms with E-state index < -0.39 is 0 Å². The fraction of sp³-hybridized carbons (Fsp3) is 0. The fourth-order valence-electron chi connectivity index (χ4n) is 7.34. The van der Waals surface area contributed by atoms with E-state index in [-0.39, 0.29) is 0 Å². The van der Waals surface area contributed by atoms with E-state index in [1.54, 1.807) is 0 Å². The molecule has 0 saturated heterocycles. The van der Waals surface area contributed by atoms with Gasteiger partial charge in [-0.3, -0.25) is 4.90 Å². The minimum absolute atomic E-state index is 0.622. The van der Waals surface area contributed by atoms with Crippen molar-refractivity contribution in [2.45, 2.75) is 0 Å². The first-order valence-electron chi connectivity index (χ1n) is 16.6. The second-order valence-corrected chi connectivity index (χ2v) is 12.4. The number of rotatable bonds is 5. The third kappa shape index (κ3) is 4.42. The minimum Gasteiger partial charge on any atom is -0.438 e. The fourth-order valence-corrected chi connectivity index (χ4v) is 7.34. The summed E-state index contributed by atoms with van der Waals surface area (Å²) in [6.07, 6.45) is 0. The molecule has 4 heteroatoms. The molecule has 0 spiro atoms. The zero-order valence-corrected chi connectivity index (χ0v) is 26.5. The second kappa shape index (κ2) is 11.0. The zero-order valence-electron chi connectivity index (χ0n) is 26.5. The number of anilines is 3. The summed E-state index contributed by atoms with van der Waals surface area (Å²) in [6.45, 7) is 0. The van der Waals surface area contributed by atoms with Gasteiger partial charge < -0.3 is 8.98 Å². The van der Waals surface area contributed by atoms with E-state index in [1.165, 1.54) is 38.2 Å². The molecule has 7 aromatic carbocycles. The van der Waals surface area contributed by atoms with Crippen molar-refractivity contribution in [1.82, 2.24) is 9.55 Å². The van der Waals surface area contributed by atoms with Gasteiger partial charge in [-0.1, -0.05) is 109 Å². The van der Waals surface area contributed by atoms with E-state index in [4.69, 9.17) is 9.40 Å². The predicted octanol–water partition coefficient (Wildman–Crippen LogP) is 12.4. The first kappa shape index (κ1) is 27.5. The number of benzene rings is 7. The van der Waals surface area contributed by atoms with Gasteiger partial charge in [0.1, 0.15) is 11.4 Å². The van der Waals surface area contributed by atoms with Crippen LogP contribution in [0.3, 0.4) is 0 Å². The molecule has 0 amide bonds. The maximum atomic E-state index is 6.44. The number of furan rings is 1. The molecule has 3 aromatic heterocycles. The van der Waals surface area contributed by atoms with Crippen molar-refractivity contribution >= 4 is 71.8 Å². The lowest BCUT2D eigenvalue weighted by atomic mass is 10.0. The van der Waals surface area contributed by atoms with Gasteiger partial charge in [-0.2, -0.15) is 4.98 Å². The summed E-state index contributed by atoms with van der Waals surface area (Å²) in [5.74, 6) is 0.787. The van der Waals surface area contributed by atoms with Crippen LogP contribution in [0, 0.1) is 0 Å². The molecule has 0 saturated carbocycles. The topological polar surface area (TPSA) is 34.2 Å². The van der Waals surface area contributed by atoms with Gasteiger partial charge in [0.05, 0.1) is 11.0 Å². The molecule has 0 aliphatic heterocycles. The molecule has 0 unspecified atom stereocenters. The Morgan fingerprint density at radius 1 is 0.469 bits per heavy atom. The Morgan fingerprint density at radius 3 is 1.98 bits per heavy atom. The van der Waals surface area contributed by atoms with Crippen molar-refractivity contribution in [3.05, 3.63) is 176 Å². The largest absolute Gasteiger partial charge is 0.438 e. The van der Waals surface area contributed by atoms with Gasteiger partial charge in [-0.05, 0) is 88.6 Å². The number of fused-ring (bicyclic) bond motifs is 8. The van der Waals surface area contributed by atoms with Crippen molar-refractivity contribution in [3.8, 4) is 16.8 Å². The summed E-state index contributed by atoms with van der Waals surface area (Å²) in [6, 6.07) is 62.0. The molecule has 10 aromatic rings. The molecule has 4 nitrogen and oxygen atoms in total. The lowest BCUT2D eigenvalue weighted by molar-refractivity contribution is 0.654. The van der Waals surface area contributed by atoms with Gasteiger partial charge in [0.15, 0.2) is 0 Å². The van der Waals surface area contributed by atoms with Gasteiger partial charge >= 0.3 is 0 Å². The first-order valence-corrected chi connectivity index (χ1v) is 16.6. The standard InChI is InChI=1S/C45H29N3O/c1-3-11-30(12-4-1)31-19-22-34(23-20-31)47(43-28-25-38-44-36-16-8-7-13-32(36)21-27-42(44)49-45(38)46-43)35-24-26-41-39(29-35)37-17-9-10-18-40(37)48(41)33-14-5-2-6-15-33/h1-29H. The molecule has 49 heavy (non-hydrogen) atoms. The predicted molar refractivity (Wildman–Crippen MR) is 203 cm³/mol. The lowest BCUT2D eigenvalue weighted by Crippen LogP contribution is -2.11. The Hall–Kier alpha value is -6.65. The molecule has 0 radical (unpaired) electrons. The SMILES string of the molecule is c1ccc(-c2ccc(N(c3ccc4c(c3)c3ccccc3n4-c3ccccc3)c3ccc4c(n3)oc3ccc5ccccc5c34)cc2)cc1. The quantitative estimate of drug-likeness (QED) is 0.190. The smallest absolute Gasteiger partial charge is 0.229 e. The number of hydrogen-bond acceptors (Lipinski definition) is 3. The van der Waals surface area contributed by atoms with Crippen LogP contribution in [0.25, 0.3) is 71.5 Å². The first-order chi connectivity index (χ1) is 24.3. The maximum absolute atomic E-state index is 6.44.